The second kappa shape index (κ2) is 9.20. The minimum Gasteiger partial charge on any atom is -0.383 e. The summed E-state index contributed by atoms with van der Waals surface area (Å²) in [6.07, 6.45) is 0. The molecule has 0 spiro atoms. The van der Waals surface area contributed by atoms with Crippen molar-refractivity contribution in [1.29, 1.82) is 0 Å². The Morgan fingerprint density at radius 3 is 2.26 bits per heavy atom. The smallest absolute Gasteiger partial charge is 0.178 e. The molecule has 1 rings (SSSR count). The monoisotopic (exact) mass is 413 g/mol. The van der Waals surface area contributed by atoms with E-state index >= 15 is 0 Å². The zero-order valence-electron chi connectivity index (χ0n) is 10.9. The van der Waals surface area contributed by atoms with Crippen molar-refractivity contribution in [2.24, 2.45) is 0 Å². The SMILES string of the molecule is COCCN(CCOC)CC(=O)c1cc(Br)sc1Br. The maximum Gasteiger partial charge on any atom is 0.178 e. The van der Waals surface area contributed by atoms with Crippen molar-refractivity contribution < 1.29 is 14.3 Å². The number of methoxy groups -OCH3 is 2. The molecule has 7 heteroatoms. The van der Waals surface area contributed by atoms with E-state index in [1.165, 1.54) is 11.3 Å². The van der Waals surface area contributed by atoms with Gasteiger partial charge in [0.15, 0.2) is 5.78 Å². The minimum absolute atomic E-state index is 0.0982. The van der Waals surface area contributed by atoms with Gasteiger partial charge in [0.2, 0.25) is 0 Å². The Labute approximate surface area is 134 Å². The predicted molar refractivity (Wildman–Crippen MR) is 84.2 cm³/mol. The number of nitrogens with zero attached hydrogens (tertiary/aromatic N) is 1. The summed E-state index contributed by atoms with van der Waals surface area (Å²) in [4.78, 5) is 14.3. The molecular formula is C12H17Br2NO3S. The highest BCUT2D eigenvalue weighted by Gasteiger charge is 2.17. The molecule has 0 fully saturated rings. The van der Waals surface area contributed by atoms with Crippen LogP contribution in [0.15, 0.2) is 13.6 Å². The standard InChI is InChI=1S/C12H17Br2NO3S/c1-17-5-3-15(4-6-18-2)8-10(16)9-7-11(13)19-12(9)14/h7H,3-6,8H2,1-2H3. The largest absolute Gasteiger partial charge is 0.383 e. The molecule has 0 saturated carbocycles. The lowest BCUT2D eigenvalue weighted by Crippen LogP contribution is -2.35. The molecule has 1 aromatic heterocycles. The van der Waals surface area contributed by atoms with Crippen LogP contribution >= 0.6 is 43.2 Å². The topological polar surface area (TPSA) is 38.8 Å². The number of carbonyl (C=O) groups excluding carboxylic acids is 1. The van der Waals surface area contributed by atoms with Crippen LogP contribution < -0.4 is 0 Å². The Morgan fingerprint density at radius 2 is 1.84 bits per heavy atom. The molecule has 4 nitrogen and oxygen atoms in total. The van der Waals surface area contributed by atoms with E-state index in [9.17, 15) is 4.79 Å². The van der Waals surface area contributed by atoms with E-state index in [0.717, 1.165) is 13.1 Å². The van der Waals surface area contributed by atoms with Gasteiger partial charge in [0, 0.05) is 32.9 Å². The first kappa shape index (κ1) is 17.3. The van der Waals surface area contributed by atoms with Gasteiger partial charge in [-0.05, 0) is 37.9 Å². The van der Waals surface area contributed by atoms with Gasteiger partial charge < -0.3 is 9.47 Å². The molecule has 1 heterocycles. The third kappa shape index (κ3) is 6.01. The van der Waals surface area contributed by atoms with Gasteiger partial charge in [-0.15, -0.1) is 11.3 Å². The van der Waals surface area contributed by atoms with Crippen molar-refractivity contribution >= 4 is 49.0 Å². The summed E-state index contributed by atoms with van der Waals surface area (Å²) in [7, 11) is 3.31. The number of hydrogen-bond donors (Lipinski definition) is 0. The first-order valence-electron chi connectivity index (χ1n) is 5.76. The summed E-state index contributed by atoms with van der Waals surface area (Å²) >= 11 is 8.30. The van der Waals surface area contributed by atoms with Crippen molar-refractivity contribution in [3.05, 3.63) is 19.2 Å². The molecule has 0 atom stereocenters. The summed E-state index contributed by atoms with van der Waals surface area (Å²) in [6, 6.07) is 1.85. The van der Waals surface area contributed by atoms with Crippen molar-refractivity contribution in [2.45, 2.75) is 0 Å². The van der Waals surface area contributed by atoms with E-state index in [1.807, 2.05) is 11.0 Å². The molecule has 0 radical (unpaired) electrons. The molecule has 0 aliphatic heterocycles. The van der Waals surface area contributed by atoms with Gasteiger partial charge in [-0.1, -0.05) is 0 Å². The Hall–Kier alpha value is 0.210. The Balaban J connectivity index is 2.61. The van der Waals surface area contributed by atoms with Gasteiger partial charge in [0.25, 0.3) is 0 Å². The van der Waals surface area contributed by atoms with Crippen molar-refractivity contribution in [3.63, 3.8) is 0 Å². The van der Waals surface area contributed by atoms with Gasteiger partial charge in [0.05, 0.1) is 27.3 Å². The highest BCUT2D eigenvalue weighted by atomic mass is 79.9. The highest BCUT2D eigenvalue weighted by Crippen LogP contribution is 2.32. The van der Waals surface area contributed by atoms with Crippen LogP contribution in [0.3, 0.4) is 0 Å². The lowest BCUT2D eigenvalue weighted by atomic mass is 10.2. The number of Topliss-reactive ketones (excluding diaryl/α,β-unsaturated/α-hetero) is 1. The zero-order chi connectivity index (χ0) is 14.3. The van der Waals surface area contributed by atoms with E-state index in [2.05, 4.69) is 31.9 Å². The minimum atomic E-state index is 0.0982. The molecule has 0 aliphatic rings. The number of thiophene rings is 1. The van der Waals surface area contributed by atoms with Gasteiger partial charge >= 0.3 is 0 Å². The van der Waals surface area contributed by atoms with Crippen molar-refractivity contribution in [3.8, 4) is 0 Å². The third-order valence-corrected chi connectivity index (χ3v) is 4.89. The molecule has 1 aromatic rings. The first-order valence-corrected chi connectivity index (χ1v) is 8.17. The van der Waals surface area contributed by atoms with Crippen LogP contribution in [0, 0.1) is 0 Å². The zero-order valence-corrected chi connectivity index (χ0v) is 14.9. The normalized spacial score (nSPS) is 11.2. The molecule has 108 valence electrons. The fourth-order valence-corrected chi connectivity index (χ4v) is 4.38. The number of hydrogen-bond acceptors (Lipinski definition) is 5. The second-order valence-corrected chi connectivity index (χ2v) is 7.67. The van der Waals surface area contributed by atoms with Crippen LogP contribution in [0.2, 0.25) is 0 Å². The van der Waals surface area contributed by atoms with Gasteiger partial charge in [-0.3, -0.25) is 9.69 Å². The van der Waals surface area contributed by atoms with Crippen LogP contribution in [0.1, 0.15) is 10.4 Å². The molecule has 0 amide bonds. The van der Waals surface area contributed by atoms with E-state index < -0.39 is 0 Å². The van der Waals surface area contributed by atoms with Crippen LogP contribution in [-0.2, 0) is 9.47 Å². The second-order valence-electron chi connectivity index (χ2n) is 3.92. The maximum atomic E-state index is 12.2. The number of halogens is 2. The average molecular weight is 415 g/mol. The molecule has 0 unspecified atom stereocenters. The van der Waals surface area contributed by atoms with Crippen LogP contribution in [-0.4, -0.2) is 57.8 Å². The molecule has 0 bridgehead atoms. The summed E-state index contributed by atoms with van der Waals surface area (Å²) < 4.78 is 11.9. The fourth-order valence-electron chi connectivity index (χ4n) is 1.53. The summed E-state index contributed by atoms with van der Waals surface area (Å²) in [6.45, 7) is 3.01. The first-order chi connectivity index (χ1) is 9.08. The Kier molecular flexibility index (Phi) is 8.36. The van der Waals surface area contributed by atoms with Crippen molar-refractivity contribution in [2.75, 3.05) is 47.1 Å². The summed E-state index contributed by atoms with van der Waals surface area (Å²) in [5.41, 5.74) is 0.719. The van der Waals surface area contributed by atoms with Gasteiger partial charge in [0.1, 0.15) is 0 Å². The molecule has 0 N–H and O–H groups in total. The Morgan fingerprint density at radius 1 is 1.26 bits per heavy atom. The lowest BCUT2D eigenvalue weighted by molar-refractivity contribution is 0.0837. The predicted octanol–water partition coefficient (Wildman–Crippen LogP) is 3.05. The number of ketones is 1. The maximum absolute atomic E-state index is 12.2. The van der Waals surface area contributed by atoms with E-state index in [4.69, 9.17) is 9.47 Å². The van der Waals surface area contributed by atoms with E-state index in [0.29, 0.717) is 32.8 Å². The quantitative estimate of drug-likeness (QED) is 0.582. The number of carbonyl (C=O) groups is 1. The molecule has 0 aromatic carbocycles. The van der Waals surface area contributed by atoms with Crippen molar-refractivity contribution in [1.82, 2.24) is 4.90 Å². The fraction of sp³-hybridized carbons (Fsp3) is 0.583. The molecular weight excluding hydrogens is 398 g/mol. The van der Waals surface area contributed by atoms with E-state index in [-0.39, 0.29) is 5.78 Å². The van der Waals surface area contributed by atoms with E-state index in [1.54, 1.807) is 14.2 Å². The number of rotatable bonds is 9. The van der Waals surface area contributed by atoms with Crippen LogP contribution in [0.5, 0.6) is 0 Å². The average Bonchev–Trinajstić information content (AvgIpc) is 2.71. The highest BCUT2D eigenvalue weighted by molar-refractivity contribution is 9.12. The third-order valence-electron chi connectivity index (χ3n) is 2.55. The summed E-state index contributed by atoms with van der Waals surface area (Å²) in [5, 5.41) is 0. The Bertz CT molecular complexity index is 404. The molecule has 0 saturated heterocycles. The molecule has 0 aliphatic carbocycles. The van der Waals surface area contributed by atoms with Crippen LogP contribution in [0.4, 0.5) is 0 Å². The lowest BCUT2D eigenvalue weighted by Gasteiger charge is -2.20. The molecule has 19 heavy (non-hydrogen) atoms. The number of ether oxygens (including phenoxy) is 2. The van der Waals surface area contributed by atoms with Gasteiger partial charge in [-0.2, -0.15) is 0 Å². The summed E-state index contributed by atoms with van der Waals surface area (Å²) in [5.74, 6) is 0.0982. The van der Waals surface area contributed by atoms with Crippen LogP contribution in [0.25, 0.3) is 0 Å². The van der Waals surface area contributed by atoms with Gasteiger partial charge in [-0.25, -0.2) is 0 Å².